The Morgan fingerprint density at radius 1 is 1.44 bits per heavy atom. The fraction of sp³-hybridized carbons (Fsp3) is 0.417. The minimum Gasteiger partial charge on any atom is -0.493 e. The number of ether oxygens (including phenoxy) is 2. The van der Waals surface area contributed by atoms with E-state index >= 15 is 0 Å². The molecule has 1 amide bonds. The predicted molar refractivity (Wildman–Crippen MR) is 71.5 cm³/mol. The third-order valence-electron chi connectivity index (χ3n) is 2.18. The molecule has 0 aliphatic rings. The van der Waals surface area contributed by atoms with Crippen LogP contribution < -0.4 is 10.1 Å². The molecule has 0 aliphatic heterocycles. The molecule has 0 aromatic heterocycles. The van der Waals surface area contributed by atoms with Crippen molar-refractivity contribution in [2.75, 3.05) is 39.7 Å². The lowest BCUT2D eigenvalue weighted by Gasteiger charge is -2.13. The van der Waals surface area contributed by atoms with Crippen molar-refractivity contribution in [3.8, 4) is 5.75 Å². The van der Waals surface area contributed by atoms with Crippen molar-refractivity contribution in [1.82, 2.24) is 4.90 Å². The number of methoxy groups -OCH3 is 1. The monoisotopic (exact) mass is 272 g/mol. The topological polar surface area (TPSA) is 50.8 Å². The average Bonchev–Trinajstić information content (AvgIpc) is 2.28. The Kier molecular flexibility index (Phi) is 5.74. The van der Waals surface area contributed by atoms with Crippen molar-refractivity contribution in [3.05, 3.63) is 23.2 Å². The Balaban J connectivity index is 2.56. The second-order valence-electron chi connectivity index (χ2n) is 3.88. The largest absolute Gasteiger partial charge is 0.493 e. The number of anilines is 1. The number of hydrogen-bond acceptors (Lipinski definition) is 4. The number of hydrogen-bond donors (Lipinski definition) is 1. The van der Waals surface area contributed by atoms with Crippen LogP contribution in [0.15, 0.2) is 18.2 Å². The fourth-order valence-corrected chi connectivity index (χ4v) is 1.53. The summed E-state index contributed by atoms with van der Waals surface area (Å²) in [6.07, 6.45) is -0.530. The van der Waals surface area contributed by atoms with E-state index in [2.05, 4.69) is 5.32 Å². The molecule has 0 saturated carbocycles. The van der Waals surface area contributed by atoms with E-state index in [-0.39, 0.29) is 0 Å². The number of nitrogens with zero attached hydrogens (tertiary/aromatic N) is 1. The number of nitrogens with one attached hydrogen (secondary N) is 1. The molecule has 100 valence electrons. The van der Waals surface area contributed by atoms with Crippen molar-refractivity contribution >= 4 is 23.4 Å². The first-order valence-electron chi connectivity index (χ1n) is 5.45. The third-order valence-corrected chi connectivity index (χ3v) is 2.48. The van der Waals surface area contributed by atoms with Gasteiger partial charge < -0.3 is 14.4 Å². The summed E-state index contributed by atoms with van der Waals surface area (Å²) in [5.74, 6) is 0.420. The number of para-hydroxylation sites is 1. The highest BCUT2D eigenvalue weighted by molar-refractivity contribution is 6.32. The molecule has 1 aromatic rings. The highest BCUT2D eigenvalue weighted by atomic mass is 35.5. The number of halogens is 1. The smallest absolute Gasteiger partial charge is 0.411 e. The van der Waals surface area contributed by atoms with Gasteiger partial charge in [-0.05, 0) is 26.2 Å². The summed E-state index contributed by atoms with van der Waals surface area (Å²) < 4.78 is 10.1. The van der Waals surface area contributed by atoms with Crippen LogP contribution in [0.4, 0.5) is 10.5 Å². The molecule has 0 saturated heterocycles. The van der Waals surface area contributed by atoms with E-state index in [1.165, 1.54) is 7.11 Å². The van der Waals surface area contributed by atoms with Crippen LogP contribution in [-0.4, -0.2) is 45.3 Å². The zero-order valence-corrected chi connectivity index (χ0v) is 11.5. The van der Waals surface area contributed by atoms with Crippen molar-refractivity contribution < 1.29 is 14.3 Å². The molecule has 0 fully saturated rings. The molecule has 1 rings (SSSR count). The van der Waals surface area contributed by atoms with E-state index in [0.29, 0.717) is 29.6 Å². The molecule has 1 N–H and O–H groups in total. The fourth-order valence-electron chi connectivity index (χ4n) is 1.28. The highest BCUT2D eigenvalue weighted by Gasteiger charge is 2.10. The van der Waals surface area contributed by atoms with Crippen molar-refractivity contribution in [2.24, 2.45) is 0 Å². The van der Waals surface area contributed by atoms with Gasteiger partial charge in [-0.25, -0.2) is 4.79 Å². The lowest BCUT2D eigenvalue weighted by molar-refractivity contribution is 0.151. The van der Waals surface area contributed by atoms with Crippen LogP contribution in [0.2, 0.25) is 5.02 Å². The summed E-state index contributed by atoms with van der Waals surface area (Å²) in [6, 6.07) is 5.10. The Morgan fingerprint density at radius 2 is 2.17 bits per heavy atom. The molecule has 0 aliphatic carbocycles. The molecule has 1 aromatic carbocycles. The maximum atomic E-state index is 11.5. The quantitative estimate of drug-likeness (QED) is 0.895. The zero-order chi connectivity index (χ0) is 13.5. The SMILES string of the molecule is COc1c(Cl)cccc1NC(=O)OCCN(C)C. The zero-order valence-electron chi connectivity index (χ0n) is 10.7. The summed E-state index contributed by atoms with van der Waals surface area (Å²) in [5.41, 5.74) is 0.486. The highest BCUT2D eigenvalue weighted by Crippen LogP contribution is 2.32. The molecule has 0 atom stereocenters. The van der Waals surface area contributed by atoms with E-state index in [4.69, 9.17) is 21.1 Å². The summed E-state index contributed by atoms with van der Waals surface area (Å²) >= 11 is 5.94. The summed E-state index contributed by atoms with van der Waals surface area (Å²) in [5, 5.41) is 3.02. The van der Waals surface area contributed by atoms with Crippen LogP contribution in [-0.2, 0) is 4.74 Å². The van der Waals surface area contributed by atoms with Gasteiger partial charge in [0.05, 0.1) is 17.8 Å². The van der Waals surface area contributed by atoms with Crippen molar-refractivity contribution in [3.63, 3.8) is 0 Å². The normalized spacial score (nSPS) is 10.3. The average molecular weight is 273 g/mol. The molecule has 0 heterocycles. The van der Waals surface area contributed by atoms with Crippen LogP contribution in [0.1, 0.15) is 0 Å². The number of likely N-dealkylation sites (N-methyl/N-ethyl adjacent to an activating group) is 1. The third kappa shape index (κ3) is 4.43. The Labute approximate surface area is 112 Å². The van der Waals surface area contributed by atoms with E-state index < -0.39 is 6.09 Å². The van der Waals surface area contributed by atoms with Crippen LogP contribution in [0.5, 0.6) is 5.75 Å². The van der Waals surface area contributed by atoms with Gasteiger partial charge in [0.1, 0.15) is 6.61 Å². The van der Waals surface area contributed by atoms with E-state index in [9.17, 15) is 4.79 Å². The van der Waals surface area contributed by atoms with Gasteiger partial charge in [0, 0.05) is 6.54 Å². The molecule has 0 unspecified atom stereocenters. The van der Waals surface area contributed by atoms with E-state index in [1.54, 1.807) is 18.2 Å². The summed E-state index contributed by atoms with van der Waals surface area (Å²) in [6.45, 7) is 0.988. The Hall–Kier alpha value is -1.46. The number of carbonyl (C=O) groups excluding carboxylic acids is 1. The van der Waals surface area contributed by atoms with Gasteiger partial charge in [-0.1, -0.05) is 17.7 Å². The Morgan fingerprint density at radius 3 is 2.78 bits per heavy atom. The molecule has 0 bridgehead atoms. The summed E-state index contributed by atoms with van der Waals surface area (Å²) in [7, 11) is 5.30. The van der Waals surface area contributed by atoms with Crippen LogP contribution >= 0.6 is 11.6 Å². The first-order valence-corrected chi connectivity index (χ1v) is 5.83. The van der Waals surface area contributed by atoms with E-state index in [0.717, 1.165) is 0 Å². The maximum absolute atomic E-state index is 11.5. The number of benzene rings is 1. The van der Waals surface area contributed by atoms with Crippen molar-refractivity contribution in [2.45, 2.75) is 0 Å². The van der Waals surface area contributed by atoms with Gasteiger partial charge >= 0.3 is 6.09 Å². The van der Waals surface area contributed by atoms with Gasteiger partial charge in [0.2, 0.25) is 0 Å². The minimum atomic E-state index is -0.530. The maximum Gasteiger partial charge on any atom is 0.411 e. The first kappa shape index (κ1) is 14.6. The minimum absolute atomic E-state index is 0.321. The lowest BCUT2D eigenvalue weighted by atomic mass is 10.3. The molecule has 0 radical (unpaired) electrons. The van der Waals surface area contributed by atoms with E-state index in [1.807, 2.05) is 19.0 Å². The number of rotatable bonds is 5. The second kappa shape index (κ2) is 7.08. The lowest BCUT2D eigenvalue weighted by Crippen LogP contribution is -2.22. The van der Waals surface area contributed by atoms with Gasteiger partial charge in [-0.3, -0.25) is 5.32 Å². The molecule has 18 heavy (non-hydrogen) atoms. The summed E-state index contributed by atoms with van der Waals surface area (Å²) in [4.78, 5) is 13.4. The molecular formula is C12H17ClN2O3. The van der Waals surface area contributed by atoms with Crippen LogP contribution in [0.3, 0.4) is 0 Å². The van der Waals surface area contributed by atoms with Crippen LogP contribution in [0.25, 0.3) is 0 Å². The first-order chi connectivity index (χ1) is 8.54. The molecule has 5 nitrogen and oxygen atoms in total. The standard InChI is InChI=1S/C12H17ClN2O3/c1-15(2)7-8-18-12(16)14-10-6-4-5-9(13)11(10)17-3/h4-6H,7-8H2,1-3H3,(H,14,16). The molecular weight excluding hydrogens is 256 g/mol. The van der Waals surface area contributed by atoms with Gasteiger partial charge in [-0.15, -0.1) is 0 Å². The van der Waals surface area contributed by atoms with Gasteiger partial charge in [0.15, 0.2) is 5.75 Å². The molecule has 0 spiro atoms. The number of amides is 1. The molecule has 6 heteroatoms. The number of carbonyl (C=O) groups is 1. The van der Waals surface area contributed by atoms with Gasteiger partial charge in [-0.2, -0.15) is 0 Å². The second-order valence-corrected chi connectivity index (χ2v) is 4.29. The predicted octanol–water partition coefficient (Wildman–Crippen LogP) is 2.46. The van der Waals surface area contributed by atoms with Gasteiger partial charge in [0.25, 0.3) is 0 Å². The van der Waals surface area contributed by atoms with Crippen LogP contribution in [0, 0.1) is 0 Å². The Bertz CT molecular complexity index is 410. The van der Waals surface area contributed by atoms with Crippen molar-refractivity contribution in [1.29, 1.82) is 0 Å².